The summed E-state index contributed by atoms with van der Waals surface area (Å²) < 4.78 is 0. The van der Waals surface area contributed by atoms with E-state index < -0.39 is 5.41 Å². The fraction of sp³-hybridized carbons (Fsp3) is 0.0175. The molecule has 1 spiro atoms. The Morgan fingerprint density at radius 1 is 0.361 bits per heavy atom. The molecular formula is C57H34N4. The van der Waals surface area contributed by atoms with E-state index in [0.29, 0.717) is 11.6 Å². The second-order valence-electron chi connectivity index (χ2n) is 16.2. The van der Waals surface area contributed by atoms with E-state index in [1.54, 1.807) is 0 Å². The number of nitrogens with zero attached hydrogens (tertiary/aromatic N) is 4. The summed E-state index contributed by atoms with van der Waals surface area (Å²) in [5.74, 6) is 1.24. The van der Waals surface area contributed by atoms with Crippen LogP contribution in [-0.2, 0) is 5.41 Å². The molecule has 0 fully saturated rings. The Hall–Kier alpha value is -8.08. The summed E-state index contributed by atoms with van der Waals surface area (Å²) in [6.07, 6.45) is 8.26. The summed E-state index contributed by atoms with van der Waals surface area (Å²) >= 11 is 0. The topological polar surface area (TPSA) is 51.6 Å². The summed E-state index contributed by atoms with van der Waals surface area (Å²) in [4.78, 5) is 20.0. The van der Waals surface area contributed by atoms with Crippen molar-refractivity contribution in [3.05, 3.63) is 228 Å². The molecule has 2 aliphatic rings. The Morgan fingerprint density at radius 2 is 1.00 bits per heavy atom. The number of aromatic nitrogens is 4. The number of hydrogen-bond donors (Lipinski definition) is 0. The fourth-order valence-electron chi connectivity index (χ4n) is 10.3. The minimum absolute atomic E-state index is 0.575. The molecule has 9 aromatic carbocycles. The van der Waals surface area contributed by atoms with Gasteiger partial charge in [-0.15, -0.1) is 0 Å². The third-order valence-corrected chi connectivity index (χ3v) is 12.9. The fourth-order valence-corrected chi connectivity index (χ4v) is 10.3. The van der Waals surface area contributed by atoms with Crippen LogP contribution in [-0.4, -0.2) is 19.9 Å². The lowest BCUT2D eigenvalue weighted by molar-refractivity contribution is 0.768. The number of fused-ring (bicyclic) bond motifs is 10. The van der Waals surface area contributed by atoms with Gasteiger partial charge in [0, 0.05) is 29.1 Å². The Morgan fingerprint density at radius 3 is 1.79 bits per heavy atom. The molecule has 0 radical (unpaired) electrons. The normalized spacial score (nSPS) is 14.9. The van der Waals surface area contributed by atoms with Gasteiger partial charge in [-0.3, -0.25) is 0 Å². The van der Waals surface area contributed by atoms with Gasteiger partial charge in [-0.25, -0.2) is 19.9 Å². The van der Waals surface area contributed by atoms with Gasteiger partial charge < -0.3 is 0 Å². The molecule has 4 heteroatoms. The minimum Gasteiger partial charge on any atom is -0.236 e. The van der Waals surface area contributed by atoms with E-state index in [1.165, 1.54) is 76.8 Å². The average molecular weight is 775 g/mol. The molecule has 11 aromatic rings. The Labute approximate surface area is 352 Å². The predicted octanol–water partition coefficient (Wildman–Crippen LogP) is 13.7. The maximum atomic E-state index is 5.31. The summed E-state index contributed by atoms with van der Waals surface area (Å²) in [5, 5.41) is 7.76. The standard InChI is InChI=1S/C57H34N4/c1-3-13-37(14-4-1)50-32-51(61-56(60-50)43-33-58-55(59-34-43)40-15-5-2-6-16-40)41-26-24-36-23-22-35-12-7-9-20-46(35)57(48(36)30-41)47-21-10-8-19-44(47)54-45-29-28-39-18-11-17-38-25-27-42(31-49(54)57)53(45)52(38)39/h1-34H. The third kappa shape index (κ3) is 4.93. The molecule has 0 N–H and O–H groups in total. The van der Waals surface area contributed by atoms with Crippen molar-refractivity contribution in [2.45, 2.75) is 5.41 Å². The molecule has 0 saturated heterocycles. The Bertz CT molecular complexity index is 3560. The molecule has 13 rings (SSSR count). The third-order valence-electron chi connectivity index (χ3n) is 12.9. The second kappa shape index (κ2) is 13.0. The molecule has 2 aromatic heterocycles. The zero-order chi connectivity index (χ0) is 40.1. The van der Waals surface area contributed by atoms with E-state index >= 15 is 0 Å². The van der Waals surface area contributed by atoms with Crippen LogP contribution in [0.4, 0.5) is 0 Å². The minimum atomic E-state index is -0.624. The van der Waals surface area contributed by atoms with Crippen molar-refractivity contribution in [1.82, 2.24) is 19.9 Å². The first-order valence-electron chi connectivity index (χ1n) is 20.8. The molecule has 2 aliphatic carbocycles. The largest absolute Gasteiger partial charge is 0.236 e. The lowest BCUT2D eigenvalue weighted by atomic mass is 9.65. The molecule has 4 nitrogen and oxygen atoms in total. The molecule has 2 heterocycles. The van der Waals surface area contributed by atoms with Crippen molar-refractivity contribution in [3.8, 4) is 56.4 Å². The van der Waals surface area contributed by atoms with Crippen molar-refractivity contribution in [3.63, 3.8) is 0 Å². The van der Waals surface area contributed by atoms with E-state index in [2.05, 4.69) is 158 Å². The van der Waals surface area contributed by atoms with Crippen LogP contribution >= 0.6 is 0 Å². The van der Waals surface area contributed by atoms with Crippen molar-refractivity contribution < 1.29 is 0 Å². The van der Waals surface area contributed by atoms with Crippen LogP contribution < -0.4 is 0 Å². The Balaban J connectivity index is 1.08. The SMILES string of the molecule is C1=Cc2ccc(-c3cc(-c4ccccc4)nc(-c4cnc(-c5ccccc5)nc4)n3)cc2C2(c3ccccc31)c1ccccc1-c1c2cc2ccc3cccc4ccc1c2c34. The van der Waals surface area contributed by atoms with Crippen LogP contribution in [0.15, 0.2) is 194 Å². The van der Waals surface area contributed by atoms with Gasteiger partial charge >= 0.3 is 0 Å². The number of hydrogen-bond acceptors (Lipinski definition) is 4. The monoisotopic (exact) mass is 774 g/mol. The van der Waals surface area contributed by atoms with Crippen molar-refractivity contribution in [2.75, 3.05) is 0 Å². The van der Waals surface area contributed by atoms with Crippen LogP contribution in [0.3, 0.4) is 0 Å². The highest BCUT2D eigenvalue weighted by molar-refractivity contribution is 6.27. The van der Waals surface area contributed by atoms with Gasteiger partial charge in [-0.05, 0) is 95.0 Å². The van der Waals surface area contributed by atoms with Gasteiger partial charge in [0.05, 0.1) is 22.4 Å². The van der Waals surface area contributed by atoms with Gasteiger partial charge in [-0.2, -0.15) is 0 Å². The van der Waals surface area contributed by atoms with Crippen LogP contribution in [0.25, 0.3) is 101 Å². The molecule has 0 aliphatic heterocycles. The predicted molar refractivity (Wildman–Crippen MR) is 249 cm³/mol. The van der Waals surface area contributed by atoms with E-state index in [0.717, 1.165) is 33.6 Å². The highest BCUT2D eigenvalue weighted by atomic mass is 14.9. The summed E-state index contributed by atoms with van der Waals surface area (Å²) in [7, 11) is 0. The molecule has 0 amide bonds. The Kier molecular flexibility index (Phi) is 7.19. The maximum absolute atomic E-state index is 5.31. The molecular weight excluding hydrogens is 741 g/mol. The van der Waals surface area contributed by atoms with Crippen LogP contribution in [0, 0.1) is 0 Å². The highest BCUT2D eigenvalue weighted by Crippen LogP contribution is 2.61. The zero-order valence-electron chi connectivity index (χ0n) is 32.9. The molecule has 0 bridgehead atoms. The summed E-state index contributed by atoms with van der Waals surface area (Å²) in [5.41, 5.74) is 14.8. The molecule has 1 unspecified atom stereocenters. The van der Waals surface area contributed by atoms with E-state index in [1.807, 2.05) is 48.8 Å². The summed E-state index contributed by atoms with van der Waals surface area (Å²) in [6.45, 7) is 0. The smallest absolute Gasteiger partial charge is 0.163 e. The second-order valence-corrected chi connectivity index (χ2v) is 16.2. The quantitative estimate of drug-likeness (QED) is 0.167. The zero-order valence-corrected chi connectivity index (χ0v) is 32.9. The van der Waals surface area contributed by atoms with Crippen molar-refractivity contribution >= 4 is 44.5 Å². The molecule has 1 atom stereocenters. The van der Waals surface area contributed by atoms with Crippen LogP contribution in [0.5, 0.6) is 0 Å². The van der Waals surface area contributed by atoms with Gasteiger partial charge in [0.15, 0.2) is 11.6 Å². The average Bonchev–Trinajstić information content (AvgIpc) is 3.54. The maximum Gasteiger partial charge on any atom is 0.163 e. The first-order chi connectivity index (χ1) is 30.2. The van der Waals surface area contributed by atoms with Crippen molar-refractivity contribution in [2.24, 2.45) is 0 Å². The number of benzene rings is 9. The van der Waals surface area contributed by atoms with Crippen molar-refractivity contribution in [1.29, 1.82) is 0 Å². The van der Waals surface area contributed by atoms with Crippen LogP contribution in [0.1, 0.15) is 33.4 Å². The summed E-state index contributed by atoms with van der Waals surface area (Å²) in [6, 6.07) is 65.9. The molecule has 61 heavy (non-hydrogen) atoms. The van der Waals surface area contributed by atoms with E-state index in [4.69, 9.17) is 19.9 Å². The van der Waals surface area contributed by atoms with Gasteiger partial charge in [0.25, 0.3) is 0 Å². The molecule has 0 saturated carbocycles. The molecule has 282 valence electrons. The highest BCUT2D eigenvalue weighted by Gasteiger charge is 2.49. The first-order valence-corrected chi connectivity index (χ1v) is 20.8. The first kappa shape index (κ1) is 33.8. The van der Waals surface area contributed by atoms with E-state index in [-0.39, 0.29) is 0 Å². The lowest BCUT2D eigenvalue weighted by Gasteiger charge is -2.36. The lowest BCUT2D eigenvalue weighted by Crippen LogP contribution is -2.30. The van der Waals surface area contributed by atoms with Crippen LogP contribution in [0.2, 0.25) is 0 Å². The van der Waals surface area contributed by atoms with Gasteiger partial charge in [0.2, 0.25) is 0 Å². The van der Waals surface area contributed by atoms with Gasteiger partial charge in [0.1, 0.15) is 0 Å². The number of rotatable bonds is 4. The van der Waals surface area contributed by atoms with E-state index in [9.17, 15) is 0 Å². The van der Waals surface area contributed by atoms with Gasteiger partial charge in [-0.1, -0.05) is 176 Å².